The van der Waals surface area contributed by atoms with Gasteiger partial charge in [0.15, 0.2) is 5.69 Å². The van der Waals surface area contributed by atoms with Crippen LogP contribution in [0.1, 0.15) is 34.6 Å². The zero-order valence-electron chi connectivity index (χ0n) is 13.5. The zero-order chi connectivity index (χ0) is 16.5. The minimum absolute atomic E-state index is 0.0316. The van der Waals surface area contributed by atoms with Crippen LogP contribution in [0.15, 0.2) is 28.7 Å². The van der Waals surface area contributed by atoms with Gasteiger partial charge >= 0.3 is 0 Å². The molecule has 5 nitrogen and oxygen atoms in total. The first-order valence-electron chi connectivity index (χ1n) is 8.58. The van der Waals surface area contributed by atoms with Gasteiger partial charge in [-0.2, -0.15) is 5.10 Å². The van der Waals surface area contributed by atoms with E-state index in [1.807, 2.05) is 28.9 Å². The molecular weight excluding hydrogens is 368 g/mol. The number of nitrogens with zero attached hydrogens (tertiary/aromatic N) is 2. The topological polar surface area (TPSA) is 59.0 Å². The highest BCUT2D eigenvalue weighted by molar-refractivity contribution is 9.10. The number of aromatic nitrogens is 2. The molecule has 24 heavy (non-hydrogen) atoms. The third kappa shape index (κ3) is 3.00. The lowest BCUT2D eigenvalue weighted by molar-refractivity contribution is 0.0935. The van der Waals surface area contributed by atoms with Crippen molar-refractivity contribution >= 4 is 21.8 Å². The Morgan fingerprint density at radius 1 is 1.25 bits per heavy atom. The normalized spacial score (nSPS) is 17.2. The van der Waals surface area contributed by atoms with E-state index >= 15 is 0 Å². The van der Waals surface area contributed by atoms with E-state index in [1.54, 1.807) is 0 Å². The fourth-order valence-electron chi connectivity index (χ4n) is 3.39. The molecule has 0 saturated carbocycles. The van der Waals surface area contributed by atoms with Crippen LogP contribution in [0.5, 0.6) is 0 Å². The number of fused-ring (bicyclic) bond motifs is 1. The summed E-state index contributed by atoms with van der Waals surface area (Å²) in [7, 11) is 0. The lowest BCUT2D eigenvalue weighted by Crippen LogP contribution is -2.48. The number of benzene rings is 1. The highest BCUT2D eigenvalue weighted by atomic mass is 79.9. The summed E-state index contributed by atoms with van der Waals surface area (Å²) in [5.41, 5.74) is 3.95. The number of hydrogen-bond acceptors (Lipinski definition) is 3. The first-order valence-corrected chi connectivity index (χ1v) is 9.37. The second kappa shape index (κ2) is 6.69. The van der Waals surface area contributed by atoms with E-state index in [0.717, 1.165) is 61.0 Å². The van der Waals surface area contributed by atoms with Crippen LogP contribution in [0.4, 0.5) is 0 Å². The molecule has 2 heterocycles. The standard InChI is InChI=1S/C18H21BrN4O/c19-13-5-7-14(8-6-13)23-16-4-2-1-3-15(16)17(22-23)18(24)21-11-12-9-20-10-12/h5-8,12,20H,1-4,9-11H2,(H,21,24). The van der Waals surface area contributed by atoms with Gasteiger partial charge in [-0.3, -0.25) is 4.79 Å². The van der Waals surface area contributed by atoms with Crippen LogP contribution in [0.2, 0.25) is 0 Å². The number of halogens is 1. The molecule has 1 aliphatic heterocycles. The monoisotopic (exact) mass is 388 g/mol. The molecule has 6 heteroatoms. The van der Waals surface area contributed by atoms with Gasteiger partial charge in [0.25, 0.3) is 5.91 Å². The summed E-state index contributed by atoms with van der Waals surface area (Å²) in [6, 6.07) is 8.09. The van der Waals surface area contributed by atoms with Gasteiger partial charge in [-0.25, -0.2) is 4.68 Å². The molecule has 1 aliphatic carbocycles. The van der Waals surface area contributed by atoms with E-state index < -0.39 is 0 Å². The quantitative estimate of drug-likeness (QED) is 0.845. The number of nitrogens with one attached hydrogen (secondary N) is 2. The molecule has 1 saturated heterocycles. The molecule has 2 N–H and O–H groups in total. The maximum atomic E-state index is 12.6. The Kier molecular flexibility index (Phi) is 4.41. The van der Waals surface area contributed by atoms with Crippen molar-refractivity contribution in [2.75, 3.05) is 19.6 Å². The Morgan fingerprint density at radius 3 is 2.71 bits per heavy atom. The molecule has 1 fully saturated rings. The van der Waals surface area contributed by atoms with Crippen molar-refractivity contribution in [3.8, 4) is 5.69 Å². The summed E-state index contributed by atoms with van der Waals surface area (Å²) in [6.45, 7) is 2.71. The van der Waals surface area contributed by atoms with E-state index in [1.165, 1.54) is 5.69 Å². The third-order valence-electron chi connectivity index (χ3n) is 4.88. The van der Waals surface area contributed by atoms with Crippen LogP contribution < -0.4 is 10.6 Å². The Morgan fingerprint density at radius 2 is 2.00 bits per heavy atom. The molecule has 0 unspecified atom stereocenters. The number of carbonyl (C=O) groups excluding carboxylic acids is 1. The fourth-order valence-corrected chi connectivity index (χ4v) is 3.66. The van der Waals surface area contributed by atoms with E-state index in [2.05, 4.69) is 31.7 Å². The van der Waals surface area contributed by atoms with E-state index in [-0.39, 0.29) is 5.91 Å². The van der Waals surface area contributed by atoms with Crippen LogP contribution in [-0.4, -0.2) is 35.3 Å². The molecule has 0 atom stereocenters. The Hall–Kier alpha value is -1.66. The summed E-state index contributed by atoms with van der Waals surface area (Å²) in [5.74, 6) is 0.522. The average Bonchev–Trinajstić information content (AvgIpc) is 2.94. The van der Waals surface area contributed by atoms with Gasteiger partial charge < -0.3 is 10.6 Å². The first-order chi connectivity index (χ1) is 11.7. The van der Waals surface area contributed by atoms with Crippen molar-refractivity contribution in [2.45, 2.75) is 25.7 Å². The zero-order valence-corrected chi connectivity index (χ0v) is 15.1. The summed E-state index contributed by atoms with van der Waals surface area (Å²) in [6.07, 6.45) is 4.22. The SMILES string of the molecule is O=C(NCC1CNC1)c1nn(-c2ccc(Br)cc2)c2c1CCCC2. The minimum Gasteiger partial charge on any atom is -0.350 e. The molecule has 0 bridgehead atoms. The van der Waals surface area contributed by atoms with Crippen molar-refractivity contribution < 1.29 is 4.79 Å². The molecule has 4 rings (SSSR count). The molecule has 1 aromatic carbocycles. The highest BCUT2D eigenvalue weighted by Gasteiger charge is 2.26. The molecule has 0 spiro atoms. The van der Waals surface area contributed by atoms with Crippen molar-refractivity contribution in [3.63, 3.8) is 0 Å². The minimum atomic E-state index is -0.0316. The summed E-state index contributed by atoms with van der Waals surface area (Å²) in [5, 5.41) is 11.0. The molecule has 0 radical (unpaired) electrons. The number of rotatable bonds is 4. The molecule has 2 aliphatic rings. The van der Waals surface area contributed by atoms with Gasteiger partial charge in [-0.1, -0.05) is 15.9 Å². The van der Waals surface area contributed by atoms with Crippen LogP contribution in [0, 0.1) is 5.92 Å². The maximum absolute atomic E-state index is 12.6. The van der Waals surface area contributed by atoms with Gasteiger partial charge in [0, 0.05) is 41.3 Å². The second-order valence-corrected chi connectivity index (χ2v) is 7.52. The van der Waals surface area contributed by atoms with Crippen molar-refractivity contribution in [1.29, 1.82) is 0 Å². The fraction of sp³-hybridized carbons (Fsp3) is 0.444. The molecule has 126 valence electrons. The van der Waals surface area contributed by atoms with E-state index in [9.17, 15) is 4.79 Å². The predicted octanol–water partition coefficient (Wildman–Crippen LogP) is 2.46. The average molecular weight is 389 g/mol. The second-order valence-electron chi connectivity index (χ2n) is 6.60. The van der Waals surface area contributed by atoms with Gasteiger partial charge in [0.1, 0.15) is 0 Å². The van der Waals surface area contributed by atoms with Gasteiger partial charge in [0.2, 0.25) is 0 Å². The van der Waals surface area contributed by atoms with E-state index in [4.69, 9.17) is 0 Å². The highest BCUT2D eigenvalue weighted by Crippen LogP contribution is 2.27. The van der Waals surface area contributed by atoms with Crippen LogP contribution in [-0.2, 0) is 12.8 Å². The predicted molar refractivity (Wildman–Crippen MR) is 96.6 cm³/mol. The lowest BCUT2D eigenvalue weighted by atomic mass is 9.95. The molecule has 1 aromatic heterocycles. The maximum Gasteiger partial charge on any atom is 0.272 e. The van der Waals surface area contributed by atoms with E-state index in [0.29, 0.717) is 11.6 Å². The lowest BCUT2D eigenvalue weighted by Gasteiger charge is -2.27. The smallest absolute Gasteiger partial charge is 0.272 e. The van der Waals surface area contributed by atoms with Gasteiger partial charge in [0.05, 0.1) is 5.69 Å². The first kappa shape index (κ1) is 15.8. The Labute approximate surface area is 149 Å². The molecule has 1 amide bonds. The van der Waals surface area contributed by atoms with Crippen LogP contribution in [0.25, 0.3) is 5.69 Å². The van der Waals surface area contributed by atoms with Crippen LogP contribution in [0.3, 0.4) is 0 Å². The number of carbonyl (C=O) groups is 1. The Balaban J connectivity index is 1.64. The van der Waals surface area contributed by atoms with Gasteiger partial charge in [-0.05, 0) is 49.9 Å². The van der Waals surface area contributed by atoms with Gasteiger partial charge in [-0.15, -0.1) is 0 Å². The summed E-state index contributed by atoms with van der Waals surface area (Å²) >= 11 is 3.47. The van der Waals surface area contributed by atoms with Crippen molar-refractivity contribution in [2.24, 2.45) is 5.92 Å². The van der Waals surface area contributed by atoms with Crippen molar-refractivity contribution in [1.82, 2.24) is 20.4 Å². The molecular formula is C18H21BrN4O. The third-order valence-corrected chi connectivity index (χ3v) is 5.41. The van der Waals surface area contributed by atoms with Crippen molar-refractivity contribution in [3.05, 3.63) is 45.7 Å². The molecule has 2 aromatic rings. The number of amides is 1. The Bertz CT molecular complexity index is 749. The summed E-state index contributed by atoms with van der Waals surface area (Å²) in [4.78, 5) is 12.6. The largest absolute Gasteiger partial charge is 0.350 e. The number of hydrogen-bond donors (Lipinski definition) is 2. The summed E-state index contributed by atoms with van der Waals surface area (Å²) < 4.78 is 3.00. The van der Waals surface area contributed by atoms with Crippen LogP contribution >= 0.6 is 15.9 Å².